The van der Waals surface area contributed by atoms with Crippen molar-refractivity contribution in [2.24, 2.45) is 0 Å². The molecule has 0 saturated heterocycles. The molecule has 1 aromatic rings. The number of methoxy groups -OCH3 is 1. The first kappa shape index (κ1) is 14.8. The number of nitrogens with one attached hydrogen (secondary N) is 1. The van der Waals surface area contributed by atoms with Gasteiger partial charge in [-0.1, -0.05) is 6.07 Å². The largest absolute Gasteiger partial charge is 0.507 e. The Bertz CT molecular complexity index is 633. The molecule has 0 bridgehead atoms. The third kappa shape index (κ3) is 3.10. The number of allylic oxidation sites excluding steroid dienone is 2. The number of esters is 1. The lowest BCUT2D eigenvalue weighted by molar-refractivity contribution is -0.140. The maximum absolute atomic E-state index is 12.2. The number of carbonyl (C=O) groups is 3. The van der Waals surface area contributed by atoms with Crippen molar-refractivity contribution in [3.63, 3.8) is 0 Å². The van der Waals surface area contributed by atoms with Gasteiger partial charge in [0.2, 0.25) is 5.78 Å². The molecule has 1 aliphatic rings. The summed E-state index contributed by atoms with van der Waals surface area (Å²) in [5, 5.41) is 12.5. The van der Waals surface area contributed by atoms with E-state index >= 15 is 0 Å². The van der Waals surface area contributed by atoms with Crippen molar-refractivity contribution in [3.8, 4) is 5.75 Å². The van der Waals surface area contributed by atoms with Gasteiger partial charge < -0.3 is 15.2 Å². The minimum Gasteiger partial charge on any atom is -0.507 e. The summed E-state index contributed by atoms with van der Waals surface area (Å²) in [6.45, 7) is 0.369. The Hall–Kier alpha value is -2.63. The molecule has 21 heavy (non-hydrogen) atoms. The summed E-state index contributed by atoms with van der Waals surface area (Å²) in [7, 11) is 1.31. The number of fused-ring (bicyclic) bond motifs is 1. The molecule has 0 spiro atoms. The number of aromatic hydroxyl groups is 1. The van der Waals surface area contributed by atoms with Crippen LogP contribution in [0.3, 0.4) is 0 Å². The number of phenolic OH excluding ortho intramolecular Hbond substituents is 1. The Morgan fingerprint density at radius 3 is 2.81 bits per heavy atom. The molecule has 0 unspecified atom stereocenters. The van der Waals surface area contributed by atoms with Crippen LogP contribution in [0, 0.1) is 0 Å². The van der Waals surface area contributed by atoms with Crippen molar-refractivity contribution < 1.29 is 24.2 Å². The van der Waals surface area contributed by atoms with Crippen LogP contribution in [0.2, 0.25) is 0 Å². The van der Waals surface area contributed by atoms with Crippen molar-refractivity contribution in [1.82, 2.24) is 5.32 Å². The van der Waals surface area contributed by atoms with Crippen molar-refractivity contribution in [2.45, 2.75) is 12.8 Å². The third-order valence-electron chi connectivity index (χ3n) is 3.15. The predicted octanol–water partition coefficient (Wildman–Crippen LogP) is 1.20. The quantitative estimate of drug-likeness (QED) is 0.625. The number of ether oxygens (including phenoxy) is 1. The van der Waals surface area contributed by atoms with E-state index in [0.29, 0.717) is 13.0 Å². The van der Waals surface area contributed by atoms with Crippen LogP contribution < -0.4 is 5.32 Å². The molecule has 6 nitrogen and oxygen atoms in total. The summed E-state index contributed by atoms with van der Waals surface area (Å²) in [6.07, 6.45) is 1.89. The van der Waals surface area contributed by atoms with Gasteiger partial charge in [0, 0.05) is 24.6 Å². The first-order valence-corrected chi connectivity index (χ1v) is 6.48. The number of ketones is 2. The number of hydrogen-bond donors (Lipinski definition) is 2. The summed E-state index contributed by atoms with van der Waals surface area (Å²) >= 11 is 0. The van der Waals surface area contributed by atoms with E-state index in [1.54, 1.807) is 0 Å². The molecule has 0 amide bonds. The zero-order valence-electron chi connectivity index (χ0n) is 11.5. The first-order chi connectivity index (χ1) is 10.0. The average molecular weight is 289 g/mol. The number of benzene rings is 1. The second kappa shape index (κ2) is 6.21. The van der Waals surface area contributed by atoms with E-state index in [4.69, 9.17) is 0 Å². The lowest BCUT2D eigenvalue weighted by atomic mass is 9.92. The van der Waals surface area contributed by atoms with Crippen molar-refractivity contribution in [2.75, 3.05) is 13.7 Å². The molecule has 6 heteroatoms. The van der Waals surface area contributed by atoms with Crippen molar-refractivity contribution >= 4 is 17.5 Å². The predicted molar refractivity (Wildman–Crippen MR) is 74.1 cm³/mol. The maximum Gasteiger partial charge on any atom is 0.305 e. The summed E-state index contributed by atoms with van der Waals surface area (Å²) in [5.41, 5.74) is 0.378. The highest BCUT2D eigenvalue weighted by Gasteiger charge is 2.27. The molecule has 2 rings (SSSR count). The van der Waals surface area contributed by atoms with E-state index < -0.39 is 5.78 Å². The van der Waals surface area contributed by atoms with Gasteiger partial charge in [0.25, 0.3) is 0 Å². The van der Waals surface area contributed by atoms with Gasteiger partial charge in [-0.2, -0.15) is 0 Å². The van der Waals surface area contributed by atoms with E-state index in [9.17, 15) is 19.5 Å². The average Bonchev–Trinajstić information content (AvgIpc) is 2.47. The van der Waals surface area contributed by atoms with Crippen molar-refractivity contribution in [3.05, 3.63) is 41.1 Å². The lowest BCUT2D eigenvalue weighted by Crippen LogP contribution is -2.27. The van der Waals surface area contributed by atoms with Gasteiger partial charge in [0.1, 0.15) is 5.75 Å². The second-order valence-corrected chi connectivity index (χ2v) is 4.56. The summed E-state index contributed by atoms with van der Waals surface area (Å²) in [5.74, 6) is -1.30. The molecule has 0 radical (unpaired) electrons. The van der Waals surface area contributed by atoms with Crippen LogP contribution in [0.4, 0.5) is 0 Å². The zero-order valence-corrected chi connectivity index (χ0v) is 11.5. The molecule has 0 aliphatic heterocycles. The number of Topliss-reactive ketones (excluding diaryl/α,β-unsaturated/α-hetero) is 1. The van der Waals surface area contributed by atoms with Crippen LogP contribution in [0.25, 0.3) is 0 Å². The van der Waals surface area contributed by atoms with E-state index in [-0.39, 0.29) is 40.7 Å². The summed E-state index contributed by atoms with van der Waals surface area (Å²) in [6, 6.07) is 4.38. The molecule has 0 aromatic heterocycles. The standard InChI is InChI=1S/C15H15NO5/c1-21-13(19)6-3-7-16-10-8-12(18)14-9(15(10)20)4-2-5-11(14)17/h2,4-5,8,16-17H,3,6-7H2,1H3. The Balaban J connectivity index is 2.05. The molecule has 0 fully saturated rings. The first-order valence-electron chi connectivity index (χ1n) is 6.48. The Kier molecular flexibility index (Phi) is 4.37. The minimum atomic E-state index is -0.418. The lowest BCUT2D eigenvalue weighted by Gasteiger charge is -2.17. The van der Waals surface area contributed by atoms with Gasteiger partial charge in [0.15, 0.2) is 5.78 Å². The van der Waals surface area contributed by atoms with Gasteiger partial charge in [-0.25, -0.2) is 0 Å². The summed E-state index contributed by atoms with van der Waals surface area (Å²) in [4.78, 5) is 35.1. The van der Waals surface area contributed by atoms with Crippen molar-refractivity contribution in [1.29, 1.82) is 0 Å². The SMILES string of the molecule is COC(=O)CCCNC1=CC(=O)c2c(O)cccc2C1=O. The zero-order chi connectivity index (χ0) is 15.4. The molecule has 110 valence electrons. The van der Waals surface area contributed by atoms with Crippen LogP contribution in [0.1, 0.15) is 33.6 Å². The number of rotatable bonds is 5. The molecular formula is C15H15NO5. The third-order valence-corrected chi connectivity index (χ3v) is 3.15. The van der Waals surface area contributed by atoms with E-state index in [1.165, 1.54) is 31.4 Å². The van der Waals surface area contributed by atoms with Crippen LogP contribution >= 0.6 is 0 Å². The van der Waals surface area contributed by atoms with Gasteiger partial charge in [-0.05, 0) is 18.6 Å². The van der Waals surface area contributed by atoms with Gasteiger partial charge in [0.05, 0.1) is 18.4 Å². The van der Waals surface area contributed by atoms with Crippen LogP contribution in [0.15, 0.2) is 30.0 Å². The minimum absolute atomic E-state index is 0.0302. The highest BCUT2D eigenvalue weighted by Crippen LogP contribution is 2.27. The molecule has 1 aliphatic carbocycles. The fraction of sp³-hybridized carbons (Fsp3) is 0.267. The number of carbonyl (C=O) groups excluding carboxylic acids is 3. The van der Waals surface area contributed by atoms with Crippen LogP contribution in [-0.4, -0.2) is 36.3 Å². The number of hydrogen-bond acceptors (Lipinski definition) is 6. The Morgan fingerprint density at radius 2 is 2.10 bits per heavy atom. The van der Waals surface area contributed by atoms with Gasteiger partial charge in [-0.3, -0.25) is 14.4 Å². The molecule has 2 N–H and O–H groups in total. The molecule has 1 aromatic carbocycles. The van der Waals surface area contributed by atoms with E-state index in [1.807, 2.05) is 0 Å². The molecule has 0 saturated carbocycles. The van der Waals surface area contributed by atoms with E-state index in [2.05, 4.69) is 10.1 Å². The van der Waals surface area contributed by atoms with E-state index in [0.717, 1.165) is 0 Å². The van der Waals surface area contributed by atoms with Gasteiger partial charge in [-0.15, -0.1) is 0 Å². The molecule has 0 atom stereocenters. The molecule has 0 heterocycles. The van der Waals surface area contributed by atoms with Gasteiger partial charge >= 0.3 is 5.97 Å². The highest BCUT2D eigenvalue weighted by atomic mass is 16.5. The number of phenols is 1. The normalized spacial score (nSPS) is 13.5. The van der Waals surface area contributed by atoms with Crippen LogP contribution in [-0.2, 0) is 9.53 Å². The fourth-order valence-electron chi connectivity index (χ4n) is 2.09. The topological polar surface area (TPSA) is 92.7 Å². The summed E-state index contributed by atoms with van der Waals surface area (Å²) < 4.78 is 4.51. The molecular weight excluding hydrogens is 274 g/mol. The Morgan fingerprint density at radius 1 is 1.33 bits per heavy atom. The highest BCUT2D eigenvalue weighted by molar-refractivity contribution is 6.25. The fourth-order valence-corrected chi connectivity index (χ4v) is 2.09. The monoisotopic (exact) mass is 289 g/mol. The smallest absolute Gasteiger partial charge is 0.305 e. The van der Waals surface area contributed by atoms with Crippen LogP contribution in [0.5, 0.6) is 5.75 Å². The second-order valence-electron chi connectivity index (χ2n) is 4.56. The maximum atomic E-state index is 12.2. The Labute approximate surface area is 121 Å².